The van der Waals surface area contributed by atoms with Gasteiger partial charge in [-0.25, -0.2) is 0 Å². The highest BCUT2D eigenvalue weighted by molar-refractivity contribution is 6.00. The van der Waals surface area contributed by atoms with Gasteiger partial charge in [0.1, 0.15) is 0 Å². The second-order valence-corrected chi connectivity index (χ2v) is 5.64. The number of carbonyl (C=O) groups excluding carboxylic acids is 2. The van der Waals surface area contributed by atoms with Gasteiger partial charge < -0.3 is 15.5 Å². The highest BCUT2D eigenvalue weighted by Crippen LogP contribution is 2.28. The van der Waals surface area contributed by atoms with E-state index in [1.54, 1.807) is 4.90 Å². The Morgan fingerprint density at radius 3 is 2.82 bits per heavy atom. The van der Waals surface area contributed by atoms with Crippen LogP contribution in [0.15, 0.2) is 24.3 Å². The molecule has 0 saturated carbocycles. The molecule has 0 radical (unpaired) electrons. The van der Waals surface area contributed by atoms with E-state index < -0.39 is 0 Å². The van der Waals surface area contributed by atoms with Crippen LogP contribution >= 0.6 is 0 Å². The lowest BCUT2D eigenvalue weighted by Gasteiger charge is -2.20. The summed E-state index contributed by atoms with van der Waals surface area (Å²) in [5.74, 6) is -0.218. The van der Waals surface area contributed by atoms with Crippen molar-refractivity contribution in [3.05, 3.63) is 29.8 Å². The van der Waals surface area contributed by atoms with Crippen molar-refractivity contribution >= 4 is 17.5 Å². The van der Waals surface area contributed by atoms with Gasteiger partial charge in [0.25, 0.3) is 0 Å². The van der Waals surface area contributed by atoms with Gasteiger partial charge in [0.15, 0.2) is 0 Å². The third kappa shape index (κ3) is 3.85. The fourth-order valence-corrected chi connectivity index (χ4v) is 2.81. The standard InChI is InChI=1S/C17H25N3O2/c1-3-13-7-4-5-8-15(13)20-12-14(11-16(20)21)17(22)19-10-6-9-18-2/h4-5,7-8,14,18H,3,6,9-12H2,1-2H3,(H,19,22). The van der Waals surface area contributed by atoms with Crippen molar-refractivity contribution in [2.75, 3.05) is 31.6 Å². The van der Waals surface area contributed by atoms with Crippen LogP contribution in [-0.2, 0) is 16.0 Å². The lowest BCUT2D eigenvalue weighted by molar-refractivity contribution is -0.126. The highest BCUT2D eigenvalue weighted by Gasteiger charge is 2.35. The predicted octanol–water partition coefficient (Wildman–Crippen LogP) is 1.33. The van der Waals surface area contributed by atoms with Crippen LogP contribution in [0, 0.1) is 5.92 Å². The molecule has 2 amide bonds. The Kier molecular flexibility index (Phi) is 5.95. The molecule has 1 heterocycles. The van der Waals surface area contributed by atoms with E-state index in [0.717, 1.165) is 30.6 Å². The highest BCUT2D eigenvalue weighted by atomic mass is 16.2. The summed E-state index contributed by atoms with van der Waals surface area (Å²) in [4.78, 5) is 26.2. The van der Waals surface area contributed by atoms with E-state index >= 15 is 0 Å². The van der Waals surface area contributed by atoms with Crippen molar-refractivity contribution in [3.63, 3.8) is 0 Å². The number of carbonyl (C=O) groups is 2. The molecule has 0 spiro atoms. The second kappa shape index (κ2) is 7.94. The van der Waals surface area contributed by atoms with Gasteiger partial charge >= 0.3 is 0 Å². The first-order chi connectivity index (χ1) is 10.7. The molecular formula is C17H25N3O2. The zero-order chi connectivity index (χ0) is 15.9. The number of benzene rings is 1. The molecule has 1 unspecified atom stereocenters. The van der Waals surface area contributed by atoms with Crippen LogP contribution in [0.25, 0.3) is 0 Å². The maximum atomic E-state index is 12.3. The Bertz CT molecular complexity index is 530. The molecule has 2 rings (SSSR count). The van der Waals surface area contributed by atoms with E-state index in [2.05, 4.69) is 17.6 Å². The van der Waals surface area contributed by atoms with Crippen LogP contribution < -0.4 is 15.5 Å². The van der Waals surface area contributed by atoms with Gasteiger partial charge in [-0.05, 0) is 38.1 Å². The maximum absolute atomic E-state index is 12.3. The number of hydrogen-bond acceptors (Lipinski definition) is 3. The van der Waals surface area contributed by atoms with Gasteiger partial charge in [-0.1, -0.05) is 25.1 Å². The van der Waals surface area contributed by atoms with Crippen LogP contribution in [0.1, 0.15) is 25.3 Å². The smallest absolute Gasteiger partial charge is 0.227 e. The summed E-state index contributed by atoms with van der Waals surface area (Å²) < 4.78 is 0. The molecule has 1 aromatic carbocycles. The van der Waals surface area contributed by atoms with E-state index in [-0.39, 0.29) is 17.7 Å². The zero-order valence-electron chi connectivity index (χ0n) is 13.4. The van der Waals surface area contributed by atoms with Crippen LogP contribution in [0.4, 0.5) is 5.69 Å². The Balaban J connectivity index is 1.97. The summed E-state index contributed by atoms with van der Waals surface area (Å²) in [6.07, 6.45) is 2.07. The Hall–Kier alpha value is -1.88. The first kappa shape index (κ1) is 16.5. The first-order valence-corrected chi connectivity index (χ1v) is 7.98. The topological polar surface area (TPSA) is 61.4 Å². The Morgan fingerprint density at radius 2 is 2.09 bits per heavy atom. The van der Waals surface area contributed by atoms with E-state index in [9.17, 15) is 9.59 Å². The van der Waals surface area contributed by atoms with Crippen LogP contribution in [0.5, 0.6) is 0 Å². The molecule has 0 aromatic heterocycles. The molecule has 120 valence electrons. The van der Waals surface area contributed by atoms with Crippen molar-refractivity contribution in [3.8, 4) is 0 Å². The van der Waals surface area contributed by atoms with Crippen molar-refractivity contribution in [2.45, 2.75) is 26.2 Å². The average molecular weight is 303 g/mol. The molecule has 1 aliphatic rings. The first-order valence-electron chi connectivity index (χ1n) is 7.98. The lowest BCUT2D eigenvalue weighted by Crippen LogP contribution is -2.34. The summed E-state index contributed by atoms with van der Waals surface area (Å²) in [6.45, 7) is 4.08. The summed E-state index contributed by atoms with van der Waals surface area (Å²) in [6, 6.07) is 7.92. The minimum atomic E-state index is -0.244. The van der Waals surface area contributed by atoms with Crippen molar-refractivity contribution in [1.29, 1.82) is 0 Å². The quantitative estimate of drug-likeness (QED) is 0.747. The van der Waals surface area contributed by atoms with Gasteiger partial charge in [0.2, 0.25) is 11.8 Å². The second-order valence-electron chi connectivity index (χ2n) is 5.64. The number of hydrogen-bond donors (Lipinski definition) is 2. The van der Waals surface area contributed by atoms with Gasteiger partial charge in [-0.15, -0.1) is 0 Å². The lowest BCUT2D eigenvalue weighted by atomic mass is 10.1. The Labute approximate surface area is 132 Å². The molecule has 1 aliphatic heterocycles. The van der Waals surface area contributed by atoms with Gasteiger partial charge in [0.05, 0.1) is 5.92 Å². The molecule has 0 bridgehead atoms. The number of amides is 2. The van der Waals surface area contributed by atoms with Crippen molar-refractivity contribution in [1.82, 2.24) is 10.6 Å². The molecular weight excluding hydrogens is 278 g/mol. The SMILES string of the molecule is CCc1ccccc1N1CC(C(=O)NCCCNC)CC1=O. The number of anilines is 1. The third-order valence-electron chi connectivity index (χ3n) is 4.06. The number of nitrogens with one attached hydrogen (secondary N) is 2. The monoisotopic (exact) mass is 303 g/mol. The molecule has 1 fully saturated rings. The molecule has 1 atom stereocenters. The number of rotatable bonds is 7. The number of para-hydroxylation sites is 1. The minimum Gasteiger partial charge on any atom is -0.356 e. The molecule has 2 N–H and O–H groups in total. The van der Waals surface area contributed by atoms with Crippen LogP contribution in [0.3, 0.4) is 0 Å². The summed E-state index contributed by atoms with van der Waals surface area (Å²) >= 11 is 0. The Morgan fingerprint density at radius 1 is 1.32 bits per heavy atom. The van der Waals surface area contributed by atoms with Crippen molar-refractivity contribution < 1.29 is 9.59 Å². The average Bonchev–Trinajstić information content (AvgIpc) is 2.93. The van der Waals surface area contributed by atoms with Crippen LogP contribution in [0.2, 0.25) is 0 Å². The maximum Gasteiger partial charge on any atom is 0.227 e. The summed E-state index contributed by atoms with van der Waals surface area (Å²) in [7, 11) is 1.89. The van der Waals surface area contributed by atoms with Gasteiger partial charge in [-0.3, -0.25) is 9.59 Å². The van der Waals surface area contributed by atoms with E-state index in [1.165, 1.54) is 0 Å². The van der Waals surface area contributed by atoms with Crippen LogP contribution in [-0.4, -0.2) is 38.5 Å². The fraction of sp³-hybridized carbons (Fsp3) is 0.529. The molecule has 0 aliphatic carbocycles. The minimum absolute atomic E-state index is 0.0130. The normalized spacial score (nSPS) is 17.8. The predicted molar refractivity (Wildman–Crippen MR) is 87.8 cm³/mol. The zero-order valence-corrected chi connectivity index (χ0v) is 13.4. The number of nitrogens with zero attached hydrogens (tertiary/aromatic N) is 1. The largest absolute Gasteiger partial charge is 0.356 e. The van der Waals surface area contributed by atoms with E-state index in [1.807, 2.05) is 31.3 Å². The molecule has 1 aromatic rings. The van der Waals surface area contributed by atoms with Crippen molar-refractivity contribution in [2.24, 2.45) is 5.92 Å². The van der Waals surface area contributed by atoms with Gasteiger partial charge in [-0.2, -0.15) is 0 Å². The third-order valence-corrected chi connectivity index (χ3v) is 4.06. The van der Waals surface area contributed by atoms with E-state index in [4.69, 9.17) is 0 Å². The molecule has 5 nitrogen and oxygen atoms in total. The van der Waals surface area contributed by atoms with E-state index in [0.29, 0.717) is 19.5 Å². The molecule has 22 heavy (non-hydrogen) atoms. The fourth-order valence-electron chi connectivity index (χ4n) is 2.81. The summed E-state index contributed by atoms with van der Waals surface area (Å²) in [5.41, 5.74) is 2.09. The van der Waals surface area contributed by atoms with Gasteiger partial charge in [0, 0.05) is 25.2 Å². The molecule has 1 saturated heterocycles. The molecule has 5 heteroatoms. The number of aryl methyl sites for hydroxylation is 1. The summed E-state index contributed by atoms with van der Waals surface area (Å²) in [5, 5.41) is 5.97.